The van der Waals surface area contributed by atoms with Crippen molar-refractivity contribution in [2.24, 2.45) is 5.73 Å². The van der Waals surface area contributed by atoms with E-state index in [9.17, 15) is 0 Å². The Bertz CT molecular complexity index is 172. The molecule has 102 valence electrons. The Morgan fingerprint density at radius 3 is 1.94 bits per heavy atom. The number of rotatable bonds is 12. The Kier molecular flexibility index (Phi) is 13.5. The smallest absolute Gasteiger partial charge is 0.00401 e. The first-order valence-corrected chi connectivity index (χ1v) is 7.67. The average molecular weight is 239 g/mol. The zero-order chi connectivity index (χ0) is 12.8. The monoisotopic (exact) mass is 239 g/mol. The molecule has 0 aliphatic heterocycles. The van der Waals surface area contributed by atoms with E-state index in [-0.39, 0.29) is 0 Å². The Labute approximate surface area is 109 Å². The molecule has 17 heavy (non-hydrogen) atoms. The number of allylic oxidation sites excluding steroid dienone is 1. The second kappa shape index (κ2) is 13.8. The molecule has 0 fully saturated rings. The molecule has 0 heterocycles. The SMILES string of the molecule is CCCCCCCCCCC/C=C(/C)CCN. The molecule has 0 aromatic heterocycles. The van der Waals surface area contributed by atoms with Gasteiger partial charge in [-0.05, 0) is 32.7 Å². The Morgan fingerprint density at radius 1 is 0.882 bits per heavy atom. The molecule has 0 radical (unpaired) electrons. The lowest BCUT2D eigenvalue weighted by Gasteiger charge is -2.01. The fourth-order valence-electron chi connectivity index (χ4n) is 2.13. The van der Waals surface area contributed by atoms with Gasteiger partial charge in [0, 0.05) is 0 Å². The standard InChI is InChI=1S/C16H33N/c1-3-4-5-6-7-8-9-10-11-12-13-16(2)14-15-17/h13H,3-12,14-15,17H2,1-2H3/b16-13-. The van der Waals surface area contributed by atoms with Crippen molar-refractivity contribution in [2.45, 2.75) is 84.5 Å². The van der Waals surface area contributed by atoms with E-state index < -0.39 is 0 Å². The van der Waals surface area contributed by atoms with Crippen LogP contribution in [0.2, 0.25) is 0 Å². The summed E-state index contributed by atoms with van der Waals surface area (Å²) in [4.78, 5) is 0. The highest BCUT2D eigenvalue weighted by Gasteiger charge is 1.92. The van der Waals surface area contributed by atoms with E-state index in [0.717, 1.165) is 13.0 Å². The normalized spacial score (nSPS) is 12.1. The summed E-state index contributed by atoms with van der Waals surface area (Å²) < 4.78 is 0. The lowest BCUT2D eigenvalue weighted by atomic mass is 10.1. The first kappa shape index (κ1) is 16.7. The van der Waals surface area contributed by atoms with E-state index in [1.807, 2.05) is 0 Å². The highest BCUT2D eigenvalue weighted by Crippen LogP contribution is 2.11. The first-order chi connectivity index (χ1) is 8.31. The Morgan fingerprint density at radius 2 is 1.41 bits per heavy atom. The van der Waals surface area contributed by atoms with Gasteiger partial charge < -0.3 is 5.73 Å². The van der Waals surface area contributed by atoms with E-state index in [1.165, 1.54) is 69.8 Å². The largest absolute Gasteiger partial charge is 0.330 e. The van der Waals surface area contributed by atoms with Crippen molar-refractivity contribution in [1.29, 1.82) is 0 Å². The Hall–Kier alpha value is -0.300. The lowest BCUT2D eigenvalue weighted by Crippen LogP contribution is -1.98. The minimum atomic E-state index is 0.792. The van der Waals surface area contributed by atoms with Gasteiger partial charge in [-0.2, -0.15) is 0 Å². The summed E-state index contributed by atoms with van der Waals surface area (Å²) in [5.41, 5.74) is 6.97. The van der Waals surface area contributed by atoms with Crippen LogP contribution in [0.5, 0.6) is 0 Å². The molecule has 1 nitrogen and oxygen atoms in total. The van der Waals surface area contributed by atoms with Crippen LogP contribution in [0.4, 0.5) is 0 Å². The van der Waals surface area contributed by atoms with E-state index in [0.29, 0.717) is 0 Å². The van der Waals surface area contributed by atoms with Crippen molar-refractivity contribution in [3.63, 3.8) is 0 Å². The summed E-state index contributed by atoms with van der Waals surface area (Å²) in [6.45, 7) is 5.26. The molecule has 2 N–H and O–H groups in total. The zero-order valence-corrected chi connectivity index (χ0v) is 12.1. The van der Waals surface area contributed by atoms with Gasteiger partial charge in [0.15, 0.2) is 0 Å². The predicted octanol–water partition coefficient (Wildman–Crippen LogP) is 5.20. The van der Waals surface area contributed by atoms with Gasteiger partial charge in [-0.15, -0.1) is 0 Å². The van der Waals surface area contributed by atoms with Gasteiger partial charge in [0.1, 0.15) is 0 Å². The molecule has 1 heteroatoms. The van der Waals surface area contributed by atoms with Crippen LogP contribution in [0.3, 0.4) is 0 Å². The predicted molar refractivity (Wildman–Crippen MR) is 79.3 cm³/mol. The van der Waals surface area contributed by atoms with Crippen LogP contribution < -0.4 is 5.73 Å². The van der Waals surface area contributed by atoms with Gasteiger partial charge in [0.25, 0.3) is 0 Å². The summed E-state index contributed by atoms with van der Waals surface area (Å²) in [6, 6.07) is 0. The van der Waals surface area contributed by atoms with Gasteiger partial charge in [-0.25, -0.2) is 0 Å². The van der Waals surface area contributed by atoms with Crippen molar-refractivity contribution in [3.05, 3.63) is 11.6 Å². The zero-order valence-electron chi connectivity index (χ0n) is 12.1. The van der Waals surface area contributed by atoms with Gasteiger partial charge >= 0.3 is 0 Å². The van der Waals surface area contributed by atoms with E-state index in [1.54, 1.807) is 0 Å². The maximum Gasteiger partial charge on any atom is -0.00401 e. The molecule has 0 rings (SSSR count). The van der Waals surface area contributed by atoms with Crippen molar-refractivity contribution in [2.75, 3.05) is 6.54 Å². The lowest BCUT2D eigenvalue weighted by molar-refractivity contribution is 0.566. The second-order valence-electron chi connectivity index (χ2n) is 5.21. The third kappa shape index (κ3) is 13.6. The maximum atomic E-state index is 5.51. The maximum absolute atomic E-state index is 5.51. The summed E-state index contributed by atoms with van der Waals surface area (Å²) in [7, 11) is 0. The van der Waals surface area contributed by atoms with Gasteiger partial charge in [0.05, 0.1) is 0 Å². The van der Waals surface area contributed by atoms with Gasteiger partial charge in [-0.3, -0.25) is 0 Å². The molecule has 0 saturated heterocycles. The first-order valence-electron chi connectivity index (χ1n) is 7.67. The van der Waals surface area contributed by atoms with Gasteiger partial charge in [0.2, 0.25) is 0 Å². The molecule has 0 saturated carbocycles. The van der Waals surface area contributed by atoms with Crippen LogP contribution >= 0.6 is 0 Å². The topological polar surface area (TPSA) is 26.0 Å². The van der Waals surface area contributed by atoms with Crippen LogP contribution in [0, 0.1) is 0 Å². The summed E-state index contributed by atoms with van der Waals surface area (Å²) in [5, 5.41) is 0. The third-order valence-electron chi connectivity index (χ3n) is 3.34. The minimum absolute atomic E-state index is 0.792. The number of hydrogen-bond acceptors (Lipinski definition) is 1. The molecule has 0 aliphatic rings. The highest BCUT2D eigenvalue weighted by atomic mass is 14.5. The number of hydrogen-bond donors (Lipinski definition) is 1. The van der Waals surface area contributed by atoms with Gasteiger partial charge in [-0.1, -0.05) is 69.9 Å². The van der Waals surface area contributed by atoms with E-state index in [2.05, 4.69) is 19.9 Å². The van der Waals surface area contributed by atoms with Crippen LogP contribution in [-0.2, 0) is 0 Å². The molecule has 0 aromatic rings. The summed E-state index contributed by atoms with van der Waals surface area (Å²) in [6.07, 6.45) is 17.4. The van der Waals surface area contributed by atoms with Crippen LogP contribution in [-0.4, -0.2) is 6.54 Å². The number of unbranched alkanes of at least 4 members (excludes halogenated alkanes) is 9. The van der Waals surface area contributed by atoms with Crippen LogP contribution in [0.25, 0.3) is 0 Å². The fourth-order valence-corrected chi connectivity index (χ4v) is 2.13. The summed E-state index contributed by atoms with van der Waals surface area (Å²) in [5.74, 6) is 0. The van der Waals surface area contributed by atoms with Crippen molar-refractivity contribution in [3.8, 4) is 0 Å². The van der Waals surface area contributed by atoms with E-state index >= 15 is 0 Å². The van der Waals surface area contributed by atoms with Crippen LogP contribution in [0.1, 0.15) is 84.5 Å². The molecular weight excluding hydrogens is 206 g/mol. The quantitative estimate of drug-likeness (QED) is 0.367. The molecule has 0 bridgehead atoms. The fraction of sp³-hybridized carbons (Fsp3) is 0.875. The summed E-state index contributed by atoms with van der Waals surface area (Å²) >= 11 is 0. The molecule has 0 unspecified atom stereocenters. The number of nitrogens with two attached hydrogens (primary N) is 1. The molecule has 0 amide bonds. The third-order valence-corrected chi connectivity index (χ3v) is 3.34. The van der Waals surface area contributed by atoms with E-state index in [4.69, 9.17) is 5.73 Å². The molecule has 0 spiro atoms. The highest BCUT2D eigenvalue weighted by molar-refractivity contribution is 4.97. The van der Waals surface area contributed by atoms with Crippen molar-refractivity contribution < 1.29 is 0 Å². The van der Waals surface area contributed by atoms with Crippen molar-refractivity contribution >= 4 is 0 Å². The molecule has 0 aliphatic carbocycles. The minimum Gasteiger partial charge on any atom is -0.330 e. The molecule has 0 atom stereocenters. The average Bonchev–Trinajstić information content (AvgIpc) is 2.32. The van der Waals surface area contributed by atoms with Crippen LogP contribution in [0.15, 0.2) is 11.6 Å². The Balaban J connectivity index is 3.10. The molecular formula is C16H33N. The molecule has 0 aromatic carbocycles. The van der Waals surface area contributed by atoms with Crippen molar-refractivity contribution in [1.82, 2.24) is 0 Å². The second-order valence-corrected chi connectivity index (χ2v) is 5.21.